The van der Waals surface area contributed by atoms with E-state index >= 15 is 0 Å². The molecule has 0 amide bonds. The Kier molecular flexibility index (Phi) is 10.1. The molecule has 0 atom stereocenters. The van der Waals surface area contributed by atoms with Crippen molar-refractivity contribution in [2.24, 2.45) is 16.1 Å². The monoisotopic (exact) mass is 477 g/mol. The Morgan fingerprint density at radius 1 is 1.19 bits per heavy atom. The highest BCUT2D eigenvalue weighted by atomic mass is 127. The van der Waals surface area contributed by atoms with E-state index in [0.29, 0.717) is 17.5 Å². The van der Waals surface area contributed by atoms with Crippen LogP contribution in [0.5, 0.6) is 11.5 Å². The Balaban J connectivity index is 0.00000338. The first-order chi connectivity index (χ1) is 12.1. The predicted octanol–water partition coefficient (Wildman–Crippen LogP) is 4.04. The van der Waals surface area contributed by atoms with Crippen molar-refractivity contribution >= 4 is 35.6 Å². The fourth-order valence-corrected chi connectivity index (χ4v) is 3.40. The maximum Gasteiger partial charge on any atom is 0.193 e. The number of nitrogens with one attached hydrogen (secondary N) is 1. The summed E-state index contributed by atoms with van der Waals surface area (Å²) in [5.41, 5.74) is 7.16. The fraction of sp³-hybridized carbons (Fsp3) is 0.632. The van der Waals surface area contributed by atoms with Gasteiger partial charge in [-0.3, -0.25) is 4.99 Å². The van der Waals surface area contributed by atoms with Crippen LogP contribution < -0.4 is 20.5 Å². The van der Waals surface area contributed by atoms with E-state index in [0.717, 1.165) is 31.9 Å². The van der Waals surface area contributed by atoms with E-state index in [1.807, 2.05) is 25.1 Å². The van der Waals surface area contributed by atoms with Gasteiger partial charge in [0, 0.05) is 31.5 Å². The van der Waals surface area contributed by atoms with E-state index < -0.39 is 0 Å². The van der Waals surface area contributed by atoms with E-state index in [2.05, 4.69) is 10.3 Å². The molecule has 148 valence electrons. The molecule has 0 spiro atoms. The Morgan fingerprint density at radius 3 is 2.50 bits per heavy atom. The predicted molar refractivity (Wildman–Crippen MR) is 117 cm³/mol. The Bertz CT molecular complexity index is 575. The van der Waals surface area contributed by atoms with Crippen molar-refractivity contribution in [3.05, 3.63) is 18.2 Å². The molecule has 0 aliphatic heterocycles. The zero-order valence-corrected chi connectivity index (χ0v) is 18.4. The van der Waals surface area contributed by atoms with Crippen LogP contribution in [0, 0.1) is 5.41 Å². The summed E-state index contributed by atoms with van der Waals surface area (Å²) in [6.07, 6.45) is 5.99. The number of hydrogen-bond acceptors (Lipinski definition) is 4. The minimum Gasteiger partial charge on any atom is -0.493 e. The molecule has 1 aliphatic rings. The lowest BCUT2D eigenvalue weighted by Gasteiger charge is -2.27. The molecular formula is C19H32IN3O3. The van der Waals surface area contributed by atoms with Gasteiger partial charge in [0.05, 0.1) is 14.2 Å². The highest BCUT2D eigenvalue weighted by molar-refractivity contribution is 14.0. The number of guanidine groups is 1. The molecule has 1 fully saturated rings. The van der Waals surface area contributed by atoms with Crippen LogP contribution in [0.4, 0.5) is 5.69 Å². The molecule has 0 radical (unpaired) electrons. The van der Waals surface area contributed by atoms with Crippen molar-refractivity contribution < 1.29 is 14.2 Å². The quantitative estimate of drug-likeness (QED) is 0.243. The van der Waals surface area contributed by atoms with Crippen LogP contribution in [-0.4, -0.2) is 39.9 Å². The van der Waals surface area contributed by atoms with Gasteiger partial charge in [0.25, 0.3) is 0 Å². The molecule has 1 aliphatic carbocycles. The topological polar surface area (TPSA) is 78.1 Å². The van der Waals surface area contributed by atoms with Gasteiger partial charge in [0.15, 0.2) is 17.5 Å². The average Bonchev–Trinajstić information content (AvgIpc) is 3.09. The first-order valence-electron chi connectivity index (χ1n) is 8.99. The Hall–Kier alpha value is -1.22. The van der Waals surface area contributed by atoms with Gasteiger partial charge in [0.1, 0.15) is 0 Å². The van der Waals surface area contributed by atoms with Crippen LogP contribution in [0.15, 0.2) is 23.2 Å². The smallest absolute Gasteiger partial charge is 0.193 e. The van der Waals surface area contributed by atoms with Gasteiger partial charge < -0.3 is 25.3 Å². The molecule has 6 nitrogen and oxygen atoms in total. The lowest BCUT2D eigenvalue weighted by atomic mass is 9.83. The first-order valence-corrected chi connectivity index (χ1v) is 8.99. The van der Waals surface area contributed by atoms with Crippen LogP contribution in [0.1, 0.15) is 39.0 Å². The van der Waals surface area contributed by atoms with E-state index in [1.54, 1.807) is 14.2 Å². The number of methoxy groups -OCH3 is 2. The van der Waals surface area contributed by atoms with Crippen LogP contribution in [0.25, 0.3) is 0 Å². The molecule has 7 heteroatoms. The zero-order chi connectivity index (χ0) is 18.1. The molecule has 1 aromatic carbocycles. The lowest BCUT2D eigenvalue weighted by molar-refractivity contribution is 0.107. The molecule has 1 saturated carbocycles. The molecular weight excluding hydrogens is 445 g/mol. The number of aliphatic imine (C=N–C) groups is 1. The van der Waals surface area contributed by atoms with Gasteiger partial charge in [-0.2, -0.15) is 0 Å². The molecule has 0 aromatic heterocycles. The van der Waals surface area contributed by atoms with Gasteiger partial charge in [0.2, 0.25) is 0 Å². The summed E-state index contributed by atoms with van der Waals surface area (Å²) in [6, 6.07) is 5.58. The summed E-state index contributed by atoms with van der Waals surface area (Å²) in [7, 11) is 3.23. The zero-order valence-electron chi connectivity index (χ0n) is 16.0. The van der Waals surface area contributed by atoms with Gasteiger partial charge >= 0.3 is 0 Å². The van der Waals surface area contributed by atoms with Crippen LogP contribution >= 0.6 is 24.0 Å². The fourth-order valence-electron chi connectivity index (χ4n) is 3.40. The summed E-state index contributed by atoms with van der Waals surface area (Å²) in [5, 5.41) is 3.14. The number of rotatable bonds is 9. The van der Waals surface area contributed by atoms with Gasteiger partial charge in [-0.15, -0.1) is 24.0 Å². The second kappa shape index (κ2) is 11.5. The Labute approximate surface area is 173 Å². The van der Waals surface area contributed by atoms with Crippen molar-refractivity contribution in [1.29, 1.82) is 0 Å². The van der Waals surface area contributed by atoms with E-state index in [9.17, 15) is 0 Å². The number of ether oxygens (including phenoxy) is 3. The van der Waals surface area contributed by atoms with Gasteiger partial charge in [-0.05, 0) is 43.7 Å². The number of nitrogens with zero attached hydrogens (tertiary/aromatic N) is 1. The number of anilines is 1. The van der Waals surface area contributed by atoms with E-state index in [4.69, 9.17) is 19.9 Å². The number of halogens is 1. The molecule has 0 unspecified atom stereocenters. The molecule has 2 rings (SSSR count). The third kappa shape index (κ3) is 6.50. The Morgan fingerprint density at radius 2 is 1.88 bits per heavy atom. The van der Waals surface area contributed by atoms with Gasteiger partial charge in [-0.1, -0.05) is 12.8 Å². The van der Waals surface area contributed by atoms with Crippen molar-refractivity contribution in [2.45, 2.75) is 39.0 Å². The standard InChI is InChI=1S/C19H31N3O3.HI/c1-4-25-12-11-19(9-5-6-10-19)14-21-18(20)22-15-7-8-16(23-2)17(13-15)24-3;/h7-8,13H,4-6,9-12,14H2,1-3H3,(H3,20,21,22);1H. The van der Waals surface area contributed by atoms with Crippen molar-refractivity contribution in [2.75, 3.05) is 39.3 Å². The number of hydrogen-bond donors (Lipinski definition) is 2. The molecule has 26 heavy (non-hydrogen) atoms. The summed E-state index contributed by atoms with van der Waals surface area (Å²) >= 11 is 0. The highest BCUT2D eigenvalue weighted by Gasteiger charge is 2.33. The van der Waals surface area contributed by atoms with Gasteiger partial charge in [-0.25, -0.2) is 0 Å². The average molecular weight is 477 g/mol. The van der Waals surface area contributed by atoms with E-state index in [1.165, 1.54) is 25.7 Å². The minimum absolute atomic E-state index is 0. The van der Waals surface area contributed by atoms with Crippen LogP contribution in [0.3, 0.4) is 0 Å². The van der Waals surface area contributed by atoms with Crippen molar-refractivity contribution in [3.63, 3.8) is 0 Å². The largest absolute Gasteiger partial charge is 0.493 e. The maximum atomic E-state index is 6.10. The van der Waals surface area contributed by atoms with Crippen LogP contribution in [0.2, 0.25) is 0 Å². The summed E-state index contributed by atoms with van der Waals surface area (Å²) in [6.45, 7) is 4.34. The van der Waals surface area contributed by atoms with Crippen molar-refractivity contribution in [1.82, 2.24) is 0 Å². The number of nitrogens with two attached hydrogens (primary N) is 1. The van der Waals surface area contributed by atoms with E-state index in [-0.39, 0.29) is 29.4 Å². The minimum atomic E-state index is 0. The molecule has 0 saturated heterocycles. The summed E-state index contributed by atoms with van der Waals surface area (Å²) in [4.78, 5) is 4.61. The second-order valence-electron chi connectivity index (χ2n) is 6.55. The molecule has 0 bridgehead atoms. The third-order valence-corrected chi connectivity index (χ3v) is 4.89. The maximum absolute atomic E-state index is 6.10. The second-order valence-corrected chi connectivity index (χ2v) is 6.55. The third-order valence-electron chi connectivity index (χ3n) is 4.89. The summed E-state index contributed by atoms with van der Waals surface area (Å²) < 4.78 is 16.1. The highest BCUT2D eigenvalue weighted by Crippen LogP contribution is 2.41. The lowest BCUT2D eigenvalue weighted by Crippen LogP contribution is -2.28. The molecule has 3 N–H and O–H groups in total. The summed E-state index contributed by atoms with van der Waals surface area (Å²) in [5.74, 6) is 1.77. The van der Waals surface area contributed by atoms with Crippen molar-refractivity contribution in [3.8, 4) is 11.5 Å². The first kappa shape index (κ1) is 22.8. The number of benzene rings is 1. The molecule has 0 heterocycles. The normalized spacial score (nSPS) is 16.0. The molecule has 1 aromatic rings. The van der Waals surface area contributed by atoms with Crippen LogP contribution in [-0.2, 0) is 4.74 Å². The SMILES string of the molecule is CCOCCC1(CN=C(N)Nc2ccc(OC)c(OC)c2)CCCC1.I.